The molecule has 2 nitrogen and oxygen atoms in total. The van der Waals surface area contributed by atoms with Gasteiger partial charge >= 0.3 is 0 Å². The van der Waals surface area contributed by atoms with Crippen molar-refractivity contribution in [3.8, 4) is 0 Å². The van der Waals surface area contributed by atoms with E-state index in [0.717, 1.165) is 17.8 Å². The first-order chi connectivity index (χ1) is 9.83. The van der Waals surface area contributed by atoms with Gasteiger partial charge in [-0.25, -0.2) is 0 Å². The van der Waals surface area contributed by atoms with Crippen LogP contribution in [-0.2, 0) is 11.3 Å². The summed E-state index contributed by atoms with van der Waals surface area (Å²) in [5.41, 5.74) is 1.40. The molecule has 2 aliphatic rings. The third-order valence-electron chi connectivity index (χ3n) is 4.31. The van der Waals surface area contributed by atoms with Crippen LogP contribution in [0.25, 0.3) is 0 Å². The number of nitrogens with one attached hydrogen (secondary N) is 1. The SMILES string of the molecule is COC1CCCC(Sc2ccc(CNC3CC3)cc2)C1. The van der Waals surface area contributed by atoms with E-state index >= 15 is 0 Å². The Morgan fingerprint density at radius 2 is 1.95 bits per heavy atom. The number of ether oxygens (including phenoxy) is 1. The highest BCUT2D eigenvalue weighted by atomic mass is 32.2. The van der Waals surface area contributed by atoms with Crippen LogP contribution in [0.4, 0.5) is 0 Å². The van der Waals surface area contributed by atoms with E-state index < -0.39 is 0 Å². The van der Waals surface area contributed by atoms with E-state index in [1.54, 1.807) is 0 Å². The Kier molecular flexibility index (Phi) is 5.03. The Balaban J connectivity index is 1.49. The summed E-state index contributed by atoms with van der Waals surface area (Å²) in [5, 5.41) is 4.29. The third-order valence-corrected chi connectivity index (χ3v) is 5.62. The highest BCUT2D eigenvalue weighted by Crippen LogP contribution is 2.34. The smallest absolute Gasteiger partial charge is 0.0582 e. The maximum Gasteiger partial charge on any atom is 0.0582 e. The van der Waals surface area contributed by atoms with Crippen LogP contribution in [0, 0.1) is 0 Å². The molecule has 2 atom stereocenters. The van der Waals surface area contributed by atoms with Crippen molar-refractivity contribution in [1.82, 2.24) is 5.32 Å². The molecule has 0 saturated heterocycles. The molecule has 1 N–H and O–H groups in total. The van der Waals surface area contributed by atoms with Crippen LogP contribution < -0.4 is 5.32 Å². The highest BCUT2D eigenvalue weighted by Gasteiger charge is 2.22. The van der Waals surface area contributed by atoms with Gasteiger partial charge in [-0.05, 0) is 56.2 Å². The number of hydrogen-bond donors (Lipinski definition) is 1. The Hall–Kier alpha value is -0.510. The van der Waals surface area contributed by atoms with Crippen LogP contribution in [0.1, 0.15) is 44.1 Å². The van der Waals surface area contributed by atoms with Crippen LogP contribution in [0.3, 0.4) is 0 Å². The third kappa shape index (κ3) is 4.24. The van der Waals surface area contributed by atoms with Crippen molar-refractivity contribution in [2.75, 3.05) is 7.11 Å². The molecule has 3 heteroatoms. The van der Waals surface area contributed by atoms with E-state index in [4.69, 9.17) is 4.74 Å². The molecule has 2 aliphatic carbocycles. The van der Waals surface area contributed by atoms with Crippen LogP contribution in [-0.4, -0.2) is 24.5 Å². The van der Waals surface area contributed by atoms with Gasteiger partial charge in [-0.1, -0.05) is 12.1 Å². The summed E-state index contributed by atoms with van der Waals surface area (Å²) in [6.07, 6.45) is 8.26. The molecule has 0 aromatic heterocycles. The molecule has 20 heavy (non-hydrogen) atoms. The fraction of sp³-hybridized carbons (Fsp3) is 0.647. The van der Waals surface area contributed by atoms with E-state index in [2.05, 4.69) is 29.6 Å². The van der Waals surface area contributed by atoms with E-state index in [0.29, 0.717) is 6.10 Å². The first-order valence-corrected chi connectivity index (χ1v) is 8.73. The normalized spacial score (nSPS) is 26.6. The predicted octanol–water partition coefficient (Wildman–Crippen LogP) is 3.99. The molecule has 1 aromatic carbocycles. The summed E-state index contributed by atoms with van der Waals surface area (Å²) in [6, 6.07) is 9.90. The Bertz CT molecular complexity index is 416. The zero-order valence-corrected chi connectivity index (χ0v) is 13.1. The van der Waals surface area contributed by atoms with E-state index in [9.17, 15) is 0 Å². The van der Waals surface area contributed by atoms with Crippen molar-refractivity contribution in [2.45, 2.75) is 67.4 Å². The fourth-order valence-electron chi connectivity index (χ4n) is 2.85. The molecule has 110 valence electrons. The summed E-state index contributed by atoms with van der Waals surface area (Å²) in [4.78, 5) is 1.40. The predicted molar refractivity (Wildman–Crippen MR) is 85.2 cm³/mol. The van der Waals surface area contributed by atoms with Crippen LogP contribution in [0.5, 0.6) is 0 Å². The zero-order chi connectivity index (χ0) is 13.8. The zero-order valence-electron chi connectivity index (χ0n) is 12.3. The minimum absolute atomic E-state index is 0.475. The van der Waals surface area contributed by atoms with Gasteiger partial charge in [-0.15, -0.1) is 11.8 Å². The van der Waals surface area contributed by atoms with E-state index in [1.165, 1.54) is 49.0 Å². The largest absolute Gasteiger partial charge is 0.381 e. The summed E-state index contributed by atoms with van der Waals surface area (Å²) < 4.78 is 5.52. The number of thioether (sulfide) groups is 1. The second kappa shape index (κ2) is 6.97. The lowest BCUT2D eigenvalue weighted by Crippen LogP contribution is -2.23. The lowest BCUT2D eigenvalue weighted by molar-refractivity contribution is 0.0730. The molecule has 3 rings (SSSR count). The Morgan fingerprint density at radius 1 is 1.15 bits per heavy atom. The van der Waals surface area contributed by atoms with Gasteiger partial charge in [0.05, 0.1) is 6.10 Å². The van der Waals surface area contributed by atoms with Gasteiger partial charge in [0.2, 0.25) is 0 Å². The second-order valence-corrected chi connectivity index (χ2v) is 7.44. The molecular weight excluding hydrogens is 266 g/mol. The molecule has 2 saturated carbocycles. The van der Waals surface area contributed by atoms with Crippen molar-refractivity contribution >= 4 is 11.8 Å². The average Bonchev–Trinajstić information content (AvgIpc) is 3.31. The number of benzene rings is 1. The highest BCUT2D eigenvalue weighted by molar-refractivity contribution is 8.00. The van der Waals surface area contributed by atoms with Crippen molar-refractivity contribution in [1.29, 1.82) is 0 Å². The minimum atomic E-state index is 0.475. The molecule has 0 amide bonds. The van der Waals surface area contributed by atoms with Crippen molar-refractivity contribution in [2.24, 2.45) is 0 Å². The van der Waals surface area contributed by atoms with Gasteiger partial charge < -0.3 is 10.1 Å². The molecule has 1 aromatic rings. The molecule has 2 fully saturated rings. The van der Waals surface area contributed by atoms with Gasteiger partial charge in [0.25, 0.3) is 0 Å². The van der Waals surface area contributed by atoms with Gasteiger partial charge in [-0.2, -0.15) is 0 Å². The summed E-state index contributed by atoms with van der Waals surface area (Å²) in [5.74, 6) is 0. The quantitative estimate of drug-likeness (QED) is 0.856. The molecule has 0 aliphatic heterocycles. The standard InChI is InChI=1S/C17H25NOS/c1-19-15-3-2-4-17(11-15)20-16-9-5-13(6-10-16)12-18-14-7-8-14/h5-6,9-10,14-15,17-18H,2-4,7-8,11-12H2,1H3. The molecule has 0 heterocycles. The van der Waals surface area contributed by atoms with Crippen molar-refractivity contribution in [3.05, 3.63) is 29.8 Å². The van der Waals surface area contributed by atoms with E-state index in [1.807, 2.05) is 18.9 Å². The monoisotopic (exact) mass is 291 g/mol. The lowest BCUT2D eigenvalue weighted by atomic mass is 9.97. The van der Waals surface area contributed by atoms with Gasteiger partial charge in [0.1, 0.15) is 0 Å². The summed E-state index contributed by atoms with van der Waals surface area (Å²) >= 11 is 2.03. The molecule has 0 bridgehead atoms. The average molecular weight is 291 g/mol. The van der Waals surface area contributed by atoms with E-state index in [-0.39, 0.29) is 0 Å². The van der Waals surface area contributed by atoms with Gasteiger partial charge in [0, 0.05) is 29.8 Å². The van der Waals surface area contributed by atoms with Gasteiger partial charge in [-0.3, -0.25) is 0 Å². The second-order valence-electron chi connectivity index (χ2n) is 6.06. The maximum absolute atomic E-state index is 5.52. The Labute approximate surface area is 126 Å². The molecule has 0 spiro atoms. The first kappa shape index (κ1) is 14.4. The van der Waals surface area contributed by atoms with Crippen molar-refractivity contribution in [3.63, 3.8) is 0 Å². The van der Waals surface area contributed by atoms with Crippen LogP contribution in [0.2, 0.25) is 0 Å². The summed E-state index contributed by atoms with van der Waals surface area (Å²) in [7, 11) is 1.85. The minimum Gasteiger partial charge on any atom is -0.381 e. The molecular formula is C17H25NOS. The summed E-state index contributed by atoms with van der Waals surface area (Å²) in [6.45, 7) is 1.02. The Morgan fingerprint density at radius 3 is 2.65 bits per heavy atom. The van der Waals surface area contributed by atoms with Crippen molar-refractivity contribution < 1.29 is 4.74 Å². The number of hydrogen-bond acceptors (Lipinski definition) is 3. The first-order valence-electron chi connectivity index (χ1n) is 7.85. The maximum atomic E-state index is 5.52. The van der Waals surface area contributed by atoms with Crippen LogP contribution >= 0.6 is 11.8 Å². The molecule has 2 unspecified atom stereocenters. The van der Waals surface area contributed by atoms with Crippen LogP contribution in [0.15, 0.2) is 29.2 Å². The molecule has 0 radical (unpaired) electrons. The number of methoxy groups -OCH3 is 1. The topological polar surface area (TPSA) is 21.3 Å². The number of rotatable bonds is 6. The fourth-order valence-corrected chi connectivity index (χ4v) is 4.12. The lowest BCUT2D eigenvalue weighted by Gasteiger charge is -2.27. The van der Waals surface area contributed by atoms with Gasteiger partial charge in [0.15, 0.2) is 0 Å².